The van der Waals surface area contributed by atoms with E-state index < -0.39 is 0 Å². The number of nitrogens with two attached hydrogens (primary N) is 1. The van der Waals surface area contributed by atoms with E-state index in [1.54, 1.807) is 16.2 Å². The molecular weight excluding hydrogens is 341 g/mol. The Morgan fingerprint density at radius 2 is 2.00 bits per heavy atom. The van der Waals surface area contributed by atoms with Crippen LogP contribution >= 0.6 is 36.2 Å². The van der Waals surface area contributed by atoms with Crippen LogP contribution in [0.25, 0.3) is 0 Å². The molecule has 122 valence electrons. The summed E-state index contributed by atoms with van der Waals surface area (Å²) in [6.07, 6.45) is 2.99. The summed E-state index contributed by atoms with van der Waals surface area (Å²) in [5.74, 6) is 0.124. The molecule has 0 saturated heterocycles. The molecule has 0 saturated carbocycles. The van der Waals surface area contributed by atoms with Gasteiger partial charge in [0.05, 0.1) is 11.6 Å². The monoisotopic (exact) mass is 361 g/mol. The van der Waals surface area contributed by atoms with Gasteiger partial charge in [0.15, 0.2) is 0 Å². The van der Waals surface area contributed by atoms with E-state index in [1.165, 1.54) is 0 Å². The van der Waals surface area contributed by atoms with Crippen molar-refractivity contribution in [1.29, 1.82) is 0 Å². The minimum Gasteiger partial charge on any atom is -0.399 e. The highest BCUT2D eigenvalue weighted by Gasteiger charge is 2.11. The van der Waals surface area contributed by atoms with Crippen molar-refractivity contribution in [1.82, 2.24) is 9.88 Å². The van der Waals surface area contributed by atoms with Gasteiger partial charge in [0, 0.05) is 30.2 Å². The fourth-order valence-corrected chi connectivity index (χ4v) is 2.84. The van der Waals surface area contributed by atoms with Gasteiger partial charge >= 0.3 is 0 Å². The number of carbonyl (C=O) groups excluding carboxylic acids is 1. The van der Waals surface area contributed by atoms with E-state index in [2.05, 4.69) is 4.98 Å². The third kappa shape index (κ3) is 5.83. The van der Waals surface area contributed by atoms with Crippen molar-refractivity contribution in [2.75, 3.05) is 12.8 Å². The summed E-state index contributed by atoms with van der Waals surface area (Å²) in [7, 11) is 1.83. The molecule has 2 aromatic rings. The Hall–Kier alpha value is -1.30. The van der Waals surface area contributed by atoms with Gasteiger partial charge in [-0.3, -0.25) is 4.79 Å². The molecule has 0 bridgehead atoms. The normalized spacial score (nSPS) is 9.55. The highest BCUT2D eigenvalue weighted by molar-refractivity contribution is 7.11. The molecule has 0 unspecified atom stereocenters. The second kappa shape index (κ2) is 9.66. The van der Waals surface area contributed by atoms with Crippen molar-refractivity contribution in [2.24, 2.45) is 0 Å². The summed E-state index contributed by atoms with van der Waals surface area (Å²) >= 11 is 1.63. The van der Waals surface area contributed by atoms with E-state index in [-0.39, 0.29) is 30.7 Å². The number of aromatic nitrogens is 1. The smallest absolute Gasteiger partial charge is 0.222 e. The summed E-state index contributed by atoms with van der Waals surface area (Å²) in [6.45, 7) is 2.59. The summed E-state index contributed by atoms with van der Waals surface area (Å²) in [6, 6.07) is 7.68. The SMILES string of the molecule is Cc1ncc(CN(C)C(=O)CCc2ccccc2N)s1.Cl.Cl. The Kier molecular flexibility index (Phi) is 9.09. The van der Waals surface area contributed by atoms with E-state index in [0.717, 1.165) is 21.1 Å². The van der Waals surface area contributed by atoms with Crippen molar-refractivity contribution in [3.8, 4) is 0 Å². The third-order valence-electron chi connectivity index (χ3n) is 3.15. The van der Waals surface area contributed by atoms with Gasteiger partial charge in [0.2, 0.25) is 5.91 Å². The molecule has 4 nitrogen and oxygen atoms in total. The Labute approximate surface area is 147 Å². The number of rotatable bonds is 5. The molecule has 1 amide bonds. The fraction of sp³-hybridized carbons (Fsp3) is 0.333. The van der Waals surface area contributed by atoms with Crippen molar-refractivity contribution >= 4 is 47.7 Å². The van der Waals surface area contributed by atoms with Gasteiger partial charge in [-0.1, -0.05) is 18.2 Å². The third-order valence-corrected chi connectivity index (χ3v) is 4.05. The van der Waals surface area contributed by atoms with Crippen molar-refractivity contribution in [2.45, 2.75) is 26.3 Å². The molecule has 0 fully saturated rings. The van der Waals surface area contributed by atoms with E-state index in [0.29, 0.717) is 19.4 Å². The number of nitrogens with zero attached hydrogens (tertiary/aromatic N) is 2. The van der Waals surface area contributed by atoms with Crippen LogP contribution in [0, 0.1) is 6.92 Å². The topological polar surface area (TPSA) is 59.2 Å². The van der Waals surface area contributed by atoms with Gasteiger partial charge in [0.25, 0.3) is 0 Å². The number of anilines is 1. The molecule has 1 heterocycles. The van der Waals surface area contributed by atoms with E-state index in [1.807, 2.05) is 44.4 Å². The lowest BCUT2D eigenvalue weighted by Crippen LogP contribution is -2.26. The molecule has 0 spiro atoms. The van der Waals surface area contributed by atoms with E-state index in [4.69, 9.17) is 5.73 Å². The van der Waals surface area contributed by atoms with Gasteiger partial charge in [0.1, 0.15) is 0 Å². The van der Waals surface area contributed by atoms with Crippen LogP contribution in [0.2, 0.25) is 0 Å². The first-order valence-corrected chi connectivity index (χ1v) is 7.36. The highest BCUT2D eigenvalue weighted by atomic mass is 35.5. The van der Waals surface area contributed by atoms with Gasteiger partial charge in [-0.15, -0.1) is 36.2 Å². The predicted octanol–water partition coefficient (Wildman–Crippen LogP) is 3.47. The van der Waals surface area contributed by atoms with Crippen LogP contribution in [0.4, 0.5) is 5.69 Å². The van der Waals surface area contributed by atoms with Crippen LogP contribution in [-0.4, -0.2) is 22.8 Å². The molecule has 1 aromatic heterocycles. The minimum absolute atomic E-state index is 0. The number of halogens is 2. The fourth-order valence-electron chi connectivity index (χ4n) is 1.99. The lowest BCUT2D eigenvalue weighted by molar-refractivity contribution is -0.130. The summed E-state index contributed by atoms with van der Waals surface area (Å²) in [4.78, 5) is 19.2. The largest absolute Gasteiger partial charge is 0.399 e. The van der Waals surface area contributed by atoms with Gasteiger partial charge in [-0.25, -0.2) is 4.98 Å². The van der Waals surface area contributed by atoms with E-state index in [9.17, 15) is 4.79 Å². The number of hydrogen-bond donors (Lipinski definition) is 1. The number of aryl methyl sites for hydroxylation is 2. The average molecular weight is 362 g/mol. The number of amides is 1. The lowest BCUT2D eigenvalue weighted by Gasteiger charge is -2.16. The second-order valence-electron chi connectivity index (χ2n) is 4.79. The van der Waals surface area contributed by atoms with Crippen LogP contribution in [0.15, 0.2) is 30.5 Å². The van der Waals surface area contributed by atoms with Gasteiger partial charge in [-0.05, 0) is 25.0 Å². The van der Waals surface area contributed by atoms with Crippen LogP contribution in [-0.2, 0) is 17.8 Å². The van der Waals surface area contributed by atoms with Gasteiger partial charge in [-0.2, -0.15) is 0 Å². The predicted molar refractivity (Wildman–Crippen MR) is 97.0 cm³/mol. The molecule has 0 radical (unpaired) electrons. The zero-order valence-corrected chi connectivity index (χ0v) is 15.1. The van der Waals surface area contributed by atoms with Crippen LogP contribution in [0.1, 0.15) is 21.9 Å². The van der Waals surface area contributed by atoms with Crippen LogP contribution in [0.5, 0.6) is 0 Å². The van der Waals surface area contributed by atoms with Gasteiger partial charge < -0.3 is 10.6 Å². The molecule has 0 aliphatic rings. The summed E-state index contributed by atoms with van der Waals surface area (Å²) < 4.78 is 0. The second-order valence-corrected chi connectivity index (χ2v) is 6.11. The quantitative estimate of drug-likeness (QED) is 0.829. The van der Waals surface area contributed by atoms with Crippen molar-refractivity contribution in [3.05, 3.63) is 45.9 Å². The molecule has 1 aromatic carbocycles. The minimum atomic E-state index is 0. The molecular formula is C15H21Cl2N3OS. The average Bonchev–Trinajstić information content (AvgIpc) is 2.82. The Morgan fingerprint density at radius 3 is 2.59 bits per heavy atom. The maximum absolute atomic E-state index is 12.1. The first-order chi connectivity index (χ1) is 9.56. The molecule has 22 heavy (non-hydrogen) atoms. The van der Waals surface area contributed by atoms with Crippen LogP contribution in [0.3, 0.4) is 0 Å². The standard InChI is InChI=1S/C15H19N3OS.2ClH/c1-11-17-9-13(20-11)10-18(2)15(19)8-7-12-5-3-4-6-14(12)16;;/h3-6,9H,7-8,10,16H2,1-2H3;2*1H. The molecule has 0 aliphatic heterocycles. The zero-order valence-electron chi connectivity index (χ0n) is 12.6. The van der Waals surface area contributed by atoms with Crippen LogP contribution < -0.4 is 5.73 Å². The first-order valence-electron chi connectivity index (χ1n) is 6.55. The number of carbonyl (C=O) groups is 1. The molecule has 2 N–H and O–H groups in total. The Bertz CT molecular complexity index is 604. The molecule has 0 aliphatic carbocycles. The Morgan fingerprint density at radius 1 is 1.32 bits per heavy atom. The molecule has 2 rings (SSSR count). The number of thiazole rings is 1. The zero-order chi connectivity index (χ0) is 14.5. The number of hydrogen-bond acceptors (Lipinski definition) is 4. The maximum Gasteiger partial charge on any atom is 0.222 e. The summed E-state index contributed by atoms with van der Waals surface area (Å²) in [5, 5.41) is 1.03. The maximum atomic E-state index is 12.1. The highest BCUT2D eigenvalue weighted by Crippen LogP contribution is 2.16. The molecule has 7 heteroatoms. The molecule has 0 atom stereocenters. The number of nitrogen functional groups attached to an aromatic ring is 1. The van der Waals surface area contributed by atoms with Crippen molar-refractivity contribution in [3.63, 3.8) is 0 Å². The number of benzene rings is 1. The van der Waals surface area contributed by atoms with E-state index >= 15 is 0 Å². The Balaban J connectivity index is 0.00000220. The lowest BCUT2D eigenvalue weighted by atomic mass is 10.1. The number of para-hydroxylation sites is 1. The first kappa shape index (κ1) is 20.7. The van der Waals surface area contributed by atoms with Crippen molar-refractivity contribution < 1.29 is 4.79 Å². The summed E-state index contributed by atoms with van der Waals surface area (Å²) in [5.41, 5.74) is 7.66.